The molecule has 0 N–H and O–H groups in total. The number of methoxy groups -OCH3 is 1. The molecule has 2 aromatic carbocycles. The van der Waals surface area contributed by atoms with Crippen LogP contribution in [-0.2, 0) is 37.0 Å². The van der Waals surface area contributed by atoms with Crippen molar-refractivity contribution in [3.8, 4) is 5.75 Å². The molecule has 6 nitrogen and oxygen atoms in total. The van der Waals surface area contributed by atoms with Gasteiger partial charge in [-0.1, -0.05) is 42.5 Å². The van der Waals surface area contributed by atoms with E-state index in [2.05, 4.69) is 0 Å². The SMILES string of the molecule is COc1ccc(CO[C@H](COCc2ccccc2)CC(=C=O)CC(=O)OC(C)(C)C)cc1. The molecule has 0 unspecified atom stereocenters. The Morgan fingerprint density at radius 2 is 1.62 bits per heavy atom. The van der Waals surface area contributed by atoms with Crippen molar-refractivity contribution in [2.45, 2.75) is 58.5 Å². The highest BCUT2D eigenvalue weighted by atomic mass is 16.6. The van der Waals surface area contributed by atoms with Crippen molar-refractivity contribution < 1.29 is 28.5 Å². The molecular formula is C26H32O6. The van der Waals surface area contributed by atoms with Gasteiger partial charge in [0.05, 0.1) is 39.5 Å². The van der Waals surface area contributed by atoms with Crippen LogP contribution in [0.4, 0.5) is 0 Å². The zero-order valence-corrected chi connectivity index (χ0v) is 19.3. The van der Waals surface area contributed by atoms with Gasteiger partial charge >= 0.3 is 5.97 Å². The number of benzene rings is 2. The molecule has 0 amide bonds. The van der Waals surface area contributed by atoms with E-state index in [4.69, 9.17) is 18.9 Å². The molecule has 0 saturated carbocycles. The third-order valence-electron chi connectivity index (χ3n) is 4.46. The maximum Gasteiger partial charge on any atom is 0.311 e. The molecule has 1 atom stereocenters. The van der Waals surface area contributed by atoms with Gasteiger partial charge < -0.3 is 18.9 Å². The average Bonchev–Trinajstić information content (AvgIpc) is 2.76. The van der Waals surface area contributed by atoms with Gasteiger partial charge in [-0.2, -0.15) is 0 Å². The maximum atomic E-state index is 12.1. The molecule has 0 saturated heterocycles. The third-order valence-corrected chi connectivity index (χ3v) is 4.46. The van der Waals surface area contributed by atoms with E-state index in [-0.39, 0.29) is 19.4 Å². The first-order valence-corrected chi connectivity index (χ1v) is 10.6. The van der Waals surface area contributed by atoms with Crippen molar-refractivity contribution in [1.82, 2.24) is 0 Å². The second kappa shape index (κ2) is 12.8. The van der Waals surface area contributed by atoms with Crippen molar-refractivity contribution in [2.75, 3.05) is 13.7 Å². The molecule has 0 radical (unpaired) electrons. The lowest BCUT2D eigenvalue weighted by molar-refractivity contribution is -0.154. The number of hydrogen-bond acceptors (Lipinski definition) is 6. The van der Waals surface area contributed by atoms with Gasteiger partial charge in [-0.15, -0.1) is 0 Å². The first-order chi connectivity index (χ1) is 15.3. The van der Waals surface area contributed by atoms with E-state index in [1.165, 1.54) is 0 Å². The Balaban J connectivity index is 1.98. The summed E-state index contributed by atoms with van der Waals surface area (Å²) < 4.78 is 22.4. The summed E-state index contributed by atoms with van der Waals surface area (Å²) in [5.74, 6) is 2.19. The van der Waals surface area contributed by atoms with Crippen LogP contribution in [0.5, 0.6) is 5.75 Å². The van der Waals surface area contributed by atoms with E-state index in [0.717, 1.165) is 16.9 Å². The van der Waals surface area contributed by atoms with Crippen LogP contribution < -0.4 is 4.74 Å². The molecule has 6 heteroatoms. The van der Waals surface area contributed by atoms with Crippen molar-refractivity contribution in [3.05, 3.63) is 71.3 Å². The van der Waals surface area contributed by atoms with Gasteiger partial charge in [-0.3, -0.25) is 4.79 Å². The normalized spacial score (nSPS) is 12.0. The zero-order chi connectivity index (χ0) is 23.4. The zero-order valence-electron chi connectivity index (χ0n) is 19.3. The molecule has 0 aromatic heterocycles. The van der Waals surface area contributed by atoms with Gasteiger partial charge in [-0.25, -0.2) is 4.79 Å². The lowest BCUT2D eigenvalue weighted by atomic mass is 10.1. The number of carbonyl (C=O) groups is 1. The monoisotopic (exact) mass is 440 g/mol. The number of ether oxygens (including phenoxy) is 4. The highest BCUT2D eigenvalue weighted by Gasteiger charge is 2.21. The Kier molecular flexibility index (Phi) is 10.2. The molecule has 0 aliphatic heterocycles. The summed E-state index contributed by atoms with van der Waals surface area (Å²) in [5, 5.41) is 0. The molecule has 2 rings (SSSR count). The van der Waals surface area contributed by atoms with Crippen LogP contribution in [0.25, 0.3) is 0 Å². The van der Waals surface area contributed by atoms with Crippen molar-refractivity contribution in [1.29, 1.82) is 0 Å². The van der Waals surface area contributed by atoms with E-state index in [9.17, 15) is 9.59 Å². The second-order valence-electron chi connectivity index (χ2n) is 8.45. The van der Waals surface area contributed by atoms with E-state index in [0.29, 0.717) is 18.8 Å². The molecule has 0 fully saturated rings. The number of rotatable bonds is 12. The van der Waals surface area contributed by atoms with Crippen molar-refractivity contribution in [3.63, 3.8) is 0 Å². The molecule has 0 bridgehead atoms. The van der Waals surface area contributed by atoms with Gasteiger partial charge in [0.15, 0.2) is 0 Å². The highest BCUT2D eigenvalue weighted by molar-refractivity contribution is 5.76. The first kappa shape index (κ1) is 25.3. The van der Waals surface area contributed by atoms with Gasteiger partial charge in [0.1, 0.15) is 17.3 Å². The van der Waals surface area contributed by atoms with Crippen molar-refractivity contribution in [2.24, 2.45) is 0 Å². The summed E-state index contributed by atoms with van der Waals surface area (Å²) >= 11 is 0. The fourth-order valence-electron chi connectivity index (χ4n) is 2.96. The van der Waals surface area contributed by atoms with Crippen LogP contribution in [0, 0.1) is 0 Å². The Morgan fingerprint density at radius 1 is 0.969 bits per heavy atom. The second-order valence-corrected chi connectivity index (χ2v) is 8.45. The van der Waals surface area contributed by atoms with E-state index in [1.807, 2.05) is 60.5 Å². The van der Waals surface area contributed by atoms with Crippen LogP contribution in [0.15, 0.2) is 60.2 Å². The summed E-state index contributed by atoms with van der Waals surface area (Å²) in [6, 6.07) is 17.4. The standard InChI is InChI=1S/C26H32O6/c1-26(2,3)32-25(28)15-22(16-27)14-24(19-30-17-20-8-6-5-7-9-20)31-18-21-10-12-23(29-4)13-11-21/h5-13,24H,14-15,17-19H2,1-4H3/t24-/m0/s1. The lowest BCUT2D eigenvalue weighted by Gasteiger charge is -2.21. The fraction of sp³-hybridized carbons (Fsp3) is 0.423. The quantitative estimate of drug-likeness (QED) is 0.353. The van der Waals surface area contributed by atoms with Gasteiger partial charge in [-0.05, 0) is 44.0 Å². The number of esters is 1. The molecule has 0 aliphatic rings. The lowest BCUT2D eigenvalue weighted by Crippen LogP contribution is -2.25. The van der Waals surface area contributed by atoms with Crippen LogP contribution in [0.2, 0.25) is 0 Å². The summed E-state index contributed by atoms with van der Waals surface area (Å²) in [6.07, 6.45) is -0.310. The average molecular weight is 441 g/mol. The minimum atomic E-state index is -0.617. The number of hydrogen-bond donors (Lipinski definition) is 0. The Labute approximate surface area is 190 Å². The fourth-order valence-corrected chi connectivity index (χ4v) is 2.96. The predicted molar refractivity (Wildman–Crippen MR) is 122 cm³/mol. The molecule has 32 heavy (non-hydrogen) atoms. The third kappa shape index (κ3) is 9.92. The Morgan fingerprint density at radius 3 is 2.22 bits per heavy atom. The smallest absolute Gasteiger partial charge is 0.311 e. The van der Waals surface area contributed by atoms with Crippen molar-refractivity contribution >= 4 is 11.9 Å². The van der Waals surface area contributed by atoms with Gasteiger partial charge in [0.2, 0.25) is 0 Å². The topological polar surface area (TPSA) is 71.1 Å². The van der Waals surface area contributed by atoms with Crippen LogP contribution in [0.3, 0.4) is 0 Å². The first-order valence-electron chi connectivity index (χ1n) is 10.6. The molecule has 2 aromatic rings. The van der Waals surface area contributed by atoms with Gasteiger partial charge in [0.25, 0.3) is 0 Å². The predicted octanol–water partition coefficient (Wildman–Crippen LogP) is 4.68. The molecule has 0 heterocycles. The molecule has 172 valence electrons. The van der Waals surface area contributed by atoms with Crippen LogP contribution in [0.1, 0.15) is 44.7 Å². The molecule has 0 spiro atoms. The van der Waals surface area contributed by atoms with E-state index < -0.39 is 17.7 Å². The van der Waals surface area contributed by atoms with E-state index >= 15 is 0 Å². The summed E-state index contributed by atoms with van der Waals surface area (Å²) in [6.45, 7) is 6.39. The maximum absolute atomic E-state index is 12.1. The van der Waals surface area contributed by atoms with Crippen LogP contribution >= 0.6 is 0 Å². The Bertz CT molecular complexity index is 877. The largest absolute Gasteiger partial charge is 0.497 e. The summed E-state index contributed by atoms with van der Waals surface area (Å²) in [5.41, 5.74) is 1.68. The van der Waals surface area contributed by atoms with Crippen LogP contribution in [-0.4, -0.2) is 37.3 Å². The highest BCUT2D eigenvalue weighted by Crippen LogP contribution is 2.18. The molecule has 0 aliphatic carbocycles. The summed E-state index contributed by atoms with van der Waals surface area (Å²) in [4.78, 5) is 23.6. The number of carbonyl (C=O) groups excluding carboxylic acids is 2. The van der Waals surface area contributed by atoms with Gasteiger partial charge in [0, 0.05) is 12.0 Å². The molecular weight excluding hydrogens is 408 g/mol. The van der Waals surface area contributed by atoms with E-state index in [1.54, 1.807) is 27.9 Å². The Hall–Kier alpha value is -2.92. The minimum Gasteiger partial charge on any atom is -0.497 e. The summed E-state index contributed by atoms with van der Waals surface area (Å²) in [7, 11) is 1.61. The minimum absolute atomic E-state index is 0.123.